The summed E-state index contributed by atoms with van der Waals surface area (Å²) in [6.07, 6.45) is 3.89. The number of ether oxygens (including phenoxy) is 1. The lowest BCUT2D eigenvalue weighted by Crippen LogP contribution is -2.18. The molecule has 0 amide bonds. The summed E-state index contributed by atoms with van der Waals surface area (Å²) in [6.45, 7) is 2.85. The van der Waals surface area contributed by atoms with E-state index in [4.69, 9.17) is 4.74 Å². The number of likely N-dealkylation sites (tertiary alicyclic amines) is 1. The van der Waals surface area contributed by atoms with Crippen molar-refractivity contribution in [2.45, 2.75) is 24.3 Å². The standard InChI is InChI=1S/C21H19BrN4O3S2/c22-17-3-5-20(16(11-17)14-26-8-1-2-9-26)29-19-6-4-18(12-15(19)13-23)31(27,28)25-21-24-7-10-30-21/h3-7,10-12H,1-2,8-9,14H2,(H,24,25). The molecule has 1 aliphatic heterocycles. The zero-order chi connectivity index (χ0) is 21.8. The summed E-state index contributed by atoms with van der Waals surface area (Å²) in [4.78, 5) is 6.27. The van der Waals surface area contributed by atoms with Gasteiger partial charge >= 0.3 is 0 Å². The molecule has 0 radical (unpaired) electrons. The number of rotatable bonds is 7. The van der Waals surface area contributed by atoms with Gasteiger partial charge in [-0.3, -0.25) is 9.62 Å². The van der Waals surface area contributed by atoms with Gasteiger partial charge < -0.3 is 4.74 Å². The predicted octanol–water partition coefficient (Wildman–Crippen LogP) is 4.97. The van der Waals surface area contributed by atoms with Gasteiger partial charge in [0.2, 0.25) is 0 Å². The Kier molecular flexibility index (Phi) is 6.57. The van der Waals surface area contributed by atoms with Gasteiger partial charge in [0.05, 0.1) is 10.5 Å². The number of nitriles is 1. The first-order chi connectivity index (χ1) is 14.9. The first kappa shape index (κ1) is 21.8. The van der Waals surface area contributed by atoms with E-state index in [1.54, 1.807) is 5.38 Å². The van der Waals surface area contributed by atoms with Crippen LogP contribution in [-0.2, 0) is 16.6 Å². The van der Waals surface area contributed by atoms with Gasteiger partial charge in [0.25, 0.3) is 10.0 Å². The lowest BCUT2D eigenvalue weighted by molar-refractivity contribution is 0.325. The van der Waals surface area contributed by atoms with Crippen molar-refractivity contribution < 1.29 is 13.2 Å². The molecule has 31 heavy (non-hydrogen) atoms. The Labute approximate surface area is 193 Å². The molecule has 1 saturated heterocycles. The molecule has 7 nitrogen and oxygen atoms in total. The van der Waals surface area contributed by atoms with Crippen molar-refractivity contribution in [2.24, 2.45) is 0 Å². The van der Waals surface area contributed by atoms with Crippen molar-refractivity contribution in [3.05, 3.63) is 63.6 Å². The molecule has 2 aromatic carbocycles. The van der Waals surface area contributed by atoms with Crippen LogP contribution in [0.3, 0.4) is 0 Å². The number of halogens is 1. The summed E-state index contributed by atoms with van der Waals surface area (Å²) in [6, 6.07) is 12.0. The molecule has 0 saturated carbocycles. The van der Waals surface area contributed by atoms with Crippen LogP contribution in [-0.4, -0.2) is 31.4 Å². The summed E-state index contributed by atoms with van der Waals surface area (Å²) in [5.41, 5.74) is 1.14. The molecule has 1 fully saturated rings. The van der Waals surface area contributed by atoms with Crippen molar-refractivity contribution in [1.29, 1.82) is 5.26 Å². The first-order valence-electron chi connectivity index (χ1n) is 9.60. The first-order valence-corrected chi connectivity index (χ1v) is 12.8. The molecule has 1 aromatic heterocycles. The van der Waals surface area contributed by atoms with Crippen LogP contribution in [0.2, 0.25) is 0 Å². The molecule has 4 rings (SSSR count). The lowest BCUT2D eigenvalue weighted by atomic mass is 10.1. The van der Waals surface area contributed by atoms with Gasteiger partial charge in [-0.25, -0.2) is 13.4 Å². The van der Waals surface area contributed by atoms with E-state index in [0.717, 1.165) is 29.7 Å². The third-order valence-corrected chi connectivity index (χ3v) is 7.52. The van der Waals surface area contributed by atoms with Gasteiger partial charge in [-0.15, -0.1) is 11.3 Å². The van der Waals surface area contributed by atoms with Crippen LogP contribution in [0.15, 0.2) is 57.3 Å². The number of aromatic nitrogens is 1. The molecule has 1 aliphatic rings. The number of hydrogen-bond donors (Lipinski definition) is 1. The zero-order valence-electron chi connectivity index (χ0n) is 16.4. The Morgan fingerprint density at radius 2 is 1.97 bits per heavy atom. The molecule has 0 unspecified atom stereocenters. The Morgan fingerprint density at radius 3 is 2.68 bits per heavy atom. The molecule has 0 bridgehead atoms. The van der Waals surface area contributed by atoms with Gasteiger partial charge in [-0.2, -0.15) is 5.26 Å². The lowest BCUT2D eigenvalue weighted by Gasteiger charge is -2.18. The third-order valence-electron chi connectivity index (χ3n) is 4.87. The molecule has 0 atom stereocenters. The van der Waals surface area contributed by atoms with Crippen LogP contribution in [0.1, 0.15) is 24.0 Å². The Hall–Kier alpha value is -2.45. The van der Waals surface area contributed by atoms with E-state index in [1.807, 2.05) is 24.3 Å². The Bertz CT molecular complexity index is 1220. The average Bonchev–Trinajstić information content (AvgIpc) is 3.44. The second kappa shape index (κ2) is 9.36. The molecular weight excluding hydrogens is 500 g/mol. The Morgan fingerprint density at radius 1 is 1.19 bits per heavy atom. The number of benzene rings is 2. The van der Waals surface area contributed by atoms with E-state index in [-0.39, 0.29) is 15.6 Å². The second-order valence-electron chi connectivity index (χ2n) is 7.05. The van der Waals surface area contributed by atoms with E-state index < -0.39 is 10.0 Å². The maximum atomic E-state index is 12.6. The smallest absolute Gasteiger partial charge is 0.263 e. The minimum absolute atomic E-state index is 0.0281. The molecule has 1 N–H and O–H groups in total. The van der Waals surface area contributed by atoms with Crippen molar-refractivity contribution in [3.63, 3.8) is 0 Å². The number of nitrogens with zero attached hydrogens (tertiary/aromatic N) is 3. The third kappa shape index (κ3) is 5.25. The van der Waals surface area contributed by atoms with Crippen LogP contribution in [0.25, 0.3) is 0 Å². The zero-order valence-corrected chi connectivity index (χ0v) is 19.6. The van der Waals surface area contributed by atoms with Gasteiger partial charge in [-0.1, -0.05) is 15.9 Å². The van der Waals surface area contributed by atoms with E-state index in [9.17, 15) is 13.7 Å². The highest BCUT2D eigenvalue weighted by Gasteiger charge is 2.20. The summed E-state index contributed by atoms with van der Waals surface area (Å²) >= 11 is 4.69. The number of sulfonamides is 1. The minimum atomic E-state index is -3.86. The van der Waals surface area contributed by atoms with Gasteiger partial charge in [0.1, 0.15) is 17.6 Å². The van der Waals surface area contributed by atoms with Gasteiger partial charge in [-0.05, 0) is 62.3 Å². The van der Waals surface area contributed by atoms with E-state index >= 15 is 0 Å². The van der Waals surface area contributed by atoms with Crippen molar-refractivity contribution >= 4 is 42.4 Å². The number of thiazole rings is 1. The molecule has 160 valence electrons. The van der Waals surface area contributed by atoms with Crippen molar-refractivity contribution in [2.75, 3.05) is 17.8 Å². The SMILES string of the molecule is N#Cc1cc(S(=O)(=O)Nc2nccs2)ccc1Oc1ccc(Br)cc1CN1CCCC1. The molecule has 10 heteroatoms. The number of anilines is 1. The van der Waals surface area contributed by atoms with E-state index in [1.165, 1.54) is 48.6 Å². The van der Waals surface area contributed by atoms with Crippen molar-refractivity contribution in [3.8, 4) is 17.6 Å². The molecule has 3 aromatic rings. The van der Waals surface area contributed by atoms with Crippen LogP contribution >= 0.6 is 27.3 Å². The maximum Gasteiger partial charge on any atom is 0.263 e. The quantitative estimate of drug-likeness (QED) is 0.474. The highest BCUT2D eigenvalue weighted by atomic mass is 79.9. The van der Waals surface area contributed by atoms with Crippen LogP contribution in [0.4, 0.5) is 5.13 Å². The van der Waals surface area contributed by atoms with Crippen LogP contribution < -0.4 is 9.46 Å². The normalized spacial score (nSPS) is 14.3. The second-order valence-corrected chi connectivity index (χ2v) is 10.5. The minimum Gasteiger partial charge on any atom is -0.456 e. The topological polar surface area (TPSA) is 95.3 Å². The maximum absolute atomic E-state index is 12.6. The number of hydrogen-bond acceptors (Lipinski definition) is 7. The van der Waals surface area contributed by atoms with Gasteiger partial charge in [0.15, 0.2) is 5.13 Å². The highest BCUT2D eigenvalue weighted by Crippen LogP contribution is 2.33. The average molecular weight is 519 g/mol. The highest BCUT2D eigenvalue weighted by molar-refractivity contribution is 9.10. The van der Waals surface area contributed by atoms with Gasteiger partial charge in [0, 0.05) is 28.2 Å². The van der Waals surface area contributed by atoms with Crippen LogP contribution in [0.5, 0.6) is 11.5 Å². The fraction of sp³-hybridized carbons (Fsp3) is 0.238. The summed E-state index contributed by atoms with van der Waals surface area (Å²) in [5, 5.41) is 11.6. The Balaban J connectivity index is 1.60. The fourth-order valence-corrected chi connectivity index (χ4v) is 5.59. The van der Waals surface area contributed by atoms with E-state index in [0.29, 0.717) is 11.5 Å². The molecule has 0 aliphatic carbocycles. The monoisotopic (exact) mass is 518 g/mol. The van der Waals surface area contributed by atoms with E-state index in [2.05, 4.69) is 30.5 Å². The summed E-state index contributed by atoms with van der Waals surface area (Å²) in [7, 11) is -3.86. The van der Waals surface area contributed by atoms with Crippen LogP contribution in [0, 0.1) is 11.3 Å². The number of nitrogens with one attached hydrogen (secondary N) is 1. The largest absolute Gasteiger partial charge is 0.456 e. The predicted molar refractivity (Wildman–Crippen MR) is 123 cm³/mol. The molecular formula is C21H19BrN4O3S2. The summed E-state index contributed by atoms with van der Waals surface area (Å²) in [5.74, 6) is 0.948. The fourth-order valence-electron chi connectivity index (χ4n) is 3.37. The molecule has 0 spiro atoms. The van der Waals surface area contributed by atoms with Crippen molar-refractivity contribution in [1.82, 2.24) is 9.88 Å². The molecule has 2 heterocycles. The summed E-state index contributed by atoms with van der Waals surface area (Å²) < 4.78 is 34.7.